The van der Waals surface area contributed by atoms with E-state index >= 15 is 0 Å². The molecule has 4 rings (SSSR count). The number of carbonyl (C=O) groups is 3. The van der Waals surface area contributed by atoms with E-state index in [4.69, 9.17) is 9.47 Å². The smallest absolute Gasteiger partial charge is 0.312 e. The number of ether oxygens (including phenoxy) is 2. The number of hydrogen-bond donors (Lipinski definition) is 1. The highest BCUT2D eigenvalue weighted by Gasteiger charge is 2.77. The van der Waals surface area contributed by atoms with Crippen LogP contribution < -0.4 is 0 Å². The van der Waals surface area contributed by atoms with Gasteiger partial charge in [-0.15, -0.1) is 13.2 Å². The first kappa shape index (κ1) is 30.5. The first-order valence-electron chi connectivity index (χ1n) is 14.2. The summed E-state index contributed by atoms with van der Waals surface area (Å²) in [7, 11) is 0. The van der Waals surface area contributed by atoms with Crippen molar-refractivity contribution in [3.05, 3.63) is 61.2 Å². The minimum Gasteiger partial charge on any atom is -0.465 e. The monoisotopic (exact) mass is 616 g/mol. The molecule has 2 bridgehead atoms. The van der Waals surface area contributed by atoms with Gasteiger partial charge in [0.2, 0.25) is 11.8 Å². The van der Waals surface area contributed by atoms with E-state index in [1.807, 2.05) is 37.3 Å². The highest BCUT2D eigenvalue weighted by Crippen LogP contribution is 2.60. The van der Waals surface area contributed by atoms with E-state index in [-0.39, 0.29) is 35.9 Å². The zero-order valence-corrected chi connectivity index (χ0v) is 25.0. The second kappa shape index (κ2) is 13.0. The van der Waals surface area contributed by atoms with Crippen LogP contribution in [0.5, 0.6) is 0 Å². The number of rotatable bonds is 14. The van der Waals surface area contributed by atoms with Gasteiger partial charge in [0.05, 0.1) is 37.2 Å². The number of alkyl halides is 1. The molecule has 0 saturated carbocycles. The van der Waals surface area contributed by atoms with Crippen LogP contribution in [0.2, 0.25) is 0 Å². The van der Waals surface area contributed by atoms with E-state index < -0.39 is 41.6 Å². The van der Waals surface area contributed by atoms with Gasteiger partial charge in [-0.3, -0.25) is 14.4 Å². The Balaban J connectivity index is 1.79. The number of fused-ring (bicyclic) bond motifs is 1. The molecule has 3 aliphatic rings. The van der Waals surface area contributed by atoms with E-state index in [2.05, 4.69) is 36.0 Å². The number of hydrogen-bond acceptors (Lipinski definition) is 6. The van der Waals surface area contributed by atoms with Gasteiger partial charge in [-0.25, -0.2) is 0 Å². The molecule has 3 aliphatic heterocycles. The van der Waals surface area contributed by atoms with Crippen LogP contribution >= 0.6 is 15.9 Å². The van der Waals surface area contributed by atoms with Gasteiger partial charge < -0.3 is 24.4 Å². The average molecular weight is 618 g/mol. The highest BCUT2D eigenvalue weighted by atomic mass is 79.9. The first-order chi connectivity index (χ1) is 19.2. The molecule has 3 fully saturated rings. The predicted octanol–water partition coefficient (Wildman–Crippen LogP) is 3.66. The number of nitrogens with zero attached hydrogens (tertiary/aromatic N) is 2. The van der Waals surface area contributed by atoms with Crippen LogP contribution in [0.1, 0.15) is 45.1 Å². The molecule has 8 nitrogen and oxygen atoms in total. The largest absolute Gasteiger partial charge is 0.465 e. The van der Waals surface area contributed by atoms with E-state index in [0.717, 1.165) is 18.4 Å². The quantitative estimate of drug-likeness (QED) is 0.148. The Morgan fingerprint density at radius 3 is 2.65 bits per heavy atom. The number of esters is 1. The van der Waals surface area contributed by atoms with Crippen LogP contribution in [0.25, 0.3) is 0 Å². The number of aliphatic hydroxyl groups is 1. The van der Waals surface area contributed by atoms with Crippen molar-refractivity contribution in [3.8, 4) is 0 Å². The fraction of sp³-hybridized carbons (Fsp3) is 0.581. The standard InChI is InChI=1S/C31H41BrN2O6/c1-5-8-16-39-30(38)24-25-28(36)34(22(19-35)17-21-13-10-9-11-14-21)27(31(25)18-23(32)26(24)40-31)29(37)33(15-7-3)20(4)12-6-2/h5,7,9-11,13-14,20,22-27,35H,1,3,6,8,12,15-19H2,2,4H3/t20?,22-,23?,24+,25+,26+,27?,31?/m1/s1. The molecule has 9 heteroatoms. The SMILES string of the molecule is C=CCCOC(=O)[C@H]1[C@H]2C(=O)N([C@@H](CO)Cc3ccccc3)C(C(=O)N(CC=C)C(C)CCC)C23CC(Br)[C@@H]1O3. The molecule has 218 valence electrons. The summed E-state index contributed by atoms with van der Waals surface area (Å²) in [6, 6.07) is 7.81. The molecule has 0 radical (unpaired) electrons. The van der Waals surface area contributed by atoms with E-state index in [1.165, 1.54) is 4.90 Å². The molecular weight excluding hydrogens is 576 g/mol. The molecule has 3 heterocycles. The average Bonchev–Trinajstić information content (AvgIpc) is 3.54. The van der Waals surface area contributed by atoms with Gasteiger partial charge in [-0.2, -0.15) is 0 Å². The van der Waals surface area contributed by atoms with Crippen molar-refractivity contribution in [2.24, 2.45) is 11.8 Å². The van der Waals surface area contributed by atoms with E-state index in [9.17, 15) is 19.5 Å². The summed E-state index contributed by atoms with van der Waals surface area (Å²) in [4.78, 5) is 45.4. The van der Waals surface area contributed by atoms with E-state index in [1.54, 1.807) is 17.1 Å². The lowest BCUT2D eigenvalue weighted by molar-refractivity contribution is -0.156. The fourth-order valence-electron chi connectivity index (χ4n) is 6.84. The number of halogens is 1. The molecule has 1 aromatic rings. The zero-order chi connectivity index (χ0) is 29.0. The van der Waals surface area contributed by atoms with E-state index in [0.29, 0.717) is 25.8 Å². The number of carbonyl (C=O) groups excluding carboxylic acids is 3. The van der Waals surface area contributed by atoms with Gasteiger partial charge in [0.25, 0.3) is 0 Å². The van der Waals surface area contributed by atoms with Crippen LogP contribution in [0.3, 0.4) is 0 Å². The molecule has 1 N–H and O–H groups in total. The summed E-state index contributed by atoms with van der Waals surface area (Å²) in [5.74, 6) is -2.83. The Hall–Kier alpha value is -2.49. The summed E-state index contributed by atoms with van der Waals surface area (Å²) in [5, 5.41) is 10.6. The summed E-state index contributed by atoms with van der Waals surface area (Å²) in [6.45, 7) is 11.7. The summed E-state index contributed by atoms with van der Waals surface area (Å²) in [6.07, 6.45) is 5.68. The van der Waals surface area contributed by atoms with Gasteiger partial charge in [0.1, 0.15) is 11.6 Å². The molecule has 3 saturated heterocycles. The Morgan fingerprint density at radius 2 is 2.02 bits per heavy atom. The van der Waals surface area contributed by atoms with Crippen LogP contribution in [-0.4, -0.2) is 87.1 Å². The maximum Gasteiger partial charge on any atom is 0.312 e. The van der Waals surface area contributed by atoms with Crippen molar-refractivity contribution in [1.29, 1.82) is 0 Å². The van der Waals surface area contributed by atoms with Crippen molar-refractivity contribution in [2.75, 3.05) is 19.8 Å². The molecule has 0 aliphatic carbocycles. The molecule has 8 atom stereocenters. The minimum absolute atomic E-state index is 0.0948. The lowest BCUT2D eigenvalue weighted by Gasteiger charge is -2.41. The Kier molecular flexibility index (Phi) is 9.90. The lowest BCUT2D eigenvalue weighted by Crippen LogP contribution is -2.60. The predicted molar refractivity (Wildman–Crippen MR) is 156 cm³/mol. The van der Waals surface area contributed by atoms with Gasteiger partial charge in [-0.05, 0) is 38.2 Å². The van der Waals surface area contributed by atoms with Crippen LogP contribution in [0.4, 0.5) is 0 Å². The van der Waals surface area contributed by atoms with Crippen molar-refractivity contribution < 1.29 is 29.0 Å². The molecule has 1 spiro atoms. The van der Waals surface area contributed by atoms with Crippen molar-refractivity contribution in [3.63, 3.8) is 0 Å². The fourth-order valence-corrected chi connectivity index (χ4v) is 7.79. The number of amides is 2. The highest BCUT2D eigenvalue weighted by molar-refractivity contribution is 9.09. The summed E-state index contributed by atoms with van der Waals surface area (Å²) < 4.78 is 12.1. The third kappa shape index (κ3) is 5.40. The lowest BCUT2D eigenvalue weighted by atomic mass is 9.70. The maximum absolute atomic E-state index is 14.6. The second-order valence-corrected chi connectivity index (χ2v) is 12.3. The van der Waals surface area contributed by atoms with Crippen molar-refractivity contribution >= 4 is 33.7 Å². The molecule has 4 unspecified atom stereocenters. The first-order valence-corrected chi connectivity index (χ1v) is 15.1. The van der Waals surface area contributed by atoms with Gasteiger partial charge in [0, 0.05) is 17.4 Å². The molecule has 40 heavy (non-hydrogen) atoms. The number of benzene rings is 1. The van der Waals surface area contributed by atoms with Crippen LogP contribution in [-0.2, 0) is 30.3 Å². The summed E-state index contributed by atoms with van der Waals surface area (Å²) >= 11 is 3.69. The van der Waals surface area contributed by atoms with Gasteiger partial charge in [-0.1, -0.05) is 71.8 Å². The third-order valence-electron chi connectivity index (χ3n) is 8.57. The Morgan fingerprint density at radius 1 is 1.30 bits per heavy atom. The van der Waals surface area contributed by atoms with Crippen molar-refractivity contribution in [1.82, 2.24) is 9.80 Å². The van der Waals surface area contributed by atoms with Crippen LogP contribution in [0, 0.1) is 11.8 Å². The summed E-state index contributed by atoms with van der Waals surface area (Å²) in [5.41, 5.74) is -0.286. The topological polar surface area (TPSA) is 96.4 Å². The second-order valence-electron chi connectivity index (χ2n) is 11.1. The van der Waals surface area contributed by atoms with Crippen LogP contribution in [0.15, 0.2) is 55.6 Å². The number of aliphatic hydroxyl groups excluding tert-OH is 1. The maximum atomic E-state index is 14.6. The zero-order valence-electron chi connectivity index (χ0n) is 23.4. The molecule has 1 aromatic carbocycles. The normalized spacial score (nSPS) is 30.1. The van der Waals surface area contributed by atoms with Crippen molar-refractivity contribution in [2.45, 2.75) is 80.6 Å². The molecular formula is C31H41BrN2O6. The molecule has 0 aromatic heterocycles. The molecule has 2 amide bonds. The third-order valence-corrected chi connectivity index (χ3v) is 9.41. The van der Waals surface area contributed by atoms with Gasteiger partial charge in [0.15, 0.2) is 0 Å². The Bertz CT molecular complexity index is 1100. The Labute approximate surface area is 245 Å². The van der Waals surface area contributed by atoms with Gasteiger partial charge >= 0.3 is 5.97 Å². The minimum atomic E-state index is -1.22. The number of likely N-dealkylation sites (tertiary alicyclic amines) is 1.